The zero-order valence-corrected chi connectivity index (χ0v) is 18.4. The van der Waals surface area contributed by atoms with Gasteiger partial charge >= 0.3 is 0 Å². The second-order valence-electron chi connectivity index (χ2n) is 6.68. The van der Waals surface area contributed by atoms with Crippen LogP contribution >= 0.6 is 15.9 Å². The van der Waals surface area contributed by atoms with E-state index in [1.165, 1.54) is 0 Å². The summed E-state index contributed by atoms with van der Waals surface area (Å²) in [6.07, 6.45) is 0.362. The molecule has 0 aliphatic heterocycles. The summed E-state index contributed by atoms with van der Waals surface area (Å²) in [5.74, 6) is -0.252. The van der Waals surface area contributed by atoms with Crippen molar-refractivity contribution in [3.8, 4) is 0 Å². The van der Waals surface area contributed by atoms with Gasteiger partial charge in [-0.1, -0.05) is 38.8 Å². The summed E-state index contributed by atoms with van der Waals surface area (Å²) in [4.78, 5) is 16.5. The lowest BCUT2D eigenvalue weighted by molar-refractivity contribution is -0.116. The highest BCUT2D eigenvalue weighted by molar-refractivity contribution is 9.10. The highest BCUT2D eigenvalue weighted by Gasteiger charge is 2.19. The summed E-state index contributed by atoms with van der Waals surface area (Å²) in [5.41, 5.74) is 2.64. The Morgan fingerprint density at radius 3 is 2.55 bits per heavy atom. The number of hydrogen-bond acceptors (Lipinski definition) is 6. The van der Waals surface area contributed by atoms with Crippen molar-refractivity contribution in [2.75, 3.05) is 5.32 Å². The van der Waals surface area contributed by atoms with E-state index >= 15 is 0 Å². The van der Waals surface area contributed by atoms with Crippen LogP contribution in [-0.4, -0.2) is 24.5 Å². The van der Waals surface area contributed by atoms with Crippen LogP contribution in [0.4, 0.5) is 5.69 Å². The SMILES string of the molecule is Cc1ccc(S(=O)(=O)Cc2noc(CCC(=O)Nc3ccc(Br)cc3C)n2)cc1. The molecule has 0 aliphatic carbocycles. The molecule has 2 aromatic carbocycles. The molecule has 1 amide bonds. The van der Waals surface area contributed by atoms with E-state index in [1.807, 2.05) is 32.0 Å². The first-order chi connectivity index (χ1) is 13.7. The minimum atomic E-state index is -3.57. The largest absolute Gasteiger partial charge is 0.339 e. The average Bonchev–Trinajstić information content (AvgIpc) is 3.09. The zero-order chi connectivity index (χ0) is 21.0. The Kier molecular flexibility index (Phi) is 6.49. The van der Waals surface area contributed by atoms with Crippen molar-refractivity contribution in [2.45, 2.75) is 37.3 Å². The number of aromatic nitrogens is 2. The number of sulfone groups is 1. The first-order valence-corrected chi connectivity index (χ1v) is 11.3. The first kappa shape index (κ1) is 21.2. The van der Waals surface area contributed by atoms with Crippen LogP contribution in [0.2, 0.25) is 0 Å². The molecule has 7 nitrogen and oxygen atoms in total. The molecule has 0 aliphatic rings. The Bertz CT molecular complexity index is 1120. The highest BCUT2D eigenvalue weighted by atomic mass is 79.9. The van der Waals surface area contributed by atoms with Crippen LogP contribution in [0, 0.1) is 13.8 Å². The molecular formula is C20H20BrN3O4S. The third-order valence-corrected chi connectivity index (χ3v) is 6.36. The number of nitrogens with zero attached hydrogens (tertiary/aromatic N) is 2. The van der Waals surface area contributed by atoms with Gasteiger partial charge < -0.3 is 9.84 Å². The fourth-order valence-electron chi connectivity index (χ4n) is 2.65. The Balaban J connectivity index is 1.57. The number of hydrogen-bond donors (Lipinski definition) is 1. The molecule has 9 heteroatoms. The van der Waals surface area contributed by atoms with Gasteiger partial charge in [0, 0.05) is 23.0 Å². The van der Waals surface area contributed by atoms with E-state index in [4.69, 9.17) is 4.52 Å². The monoisotopic (exact) mass is 477 g/mol. The summed E-state index contributed by atoms with van der Waals surface area (Å²) in [5, 5.41) is 6.56. The van der Waals surface area contributed by atoms with Crippen LogP contribution in [0.25, 0.3) is 0 Å². The zero-order valence-electron chi connectivity index (χ0n) is 16.0. The number of benzene rings is 2. The van der Waals surface area contributed by atoms with Gasteiger partial charge in [0.25, 0.3) is 0 Å². The number of amides is 1. The summed E-state index contributed by atoms with van der Waals surface area (Å²) in [6, 6.07) is 12.2. The van der Waals surface area contributed by atoms with Crippen molar-refractivity contribution in [2.24, 2.45) is 0 Å². The maximum Gasteiger partial charge on any atom is 0.227 e. The molecule has 0 bridgehead atoms. The number of halogens is 1. The lowest BCUT2D eigenvalue weighted by Gasteiger charge is -2.08. The first-order valence-electron chi connectivity index (χ1n) is 8.90. The van der Waals surface area contributed by atoms with E-state index in [2.05, 4.69) is 31.4 Å². The number of rotatable bonds is 7. The summed E-state index contributed by atoms with van der Waals surface area (Å²) >= 11 is 3.38. The van der Waals surface area contributed by atoms with Crippen LogP contribution in [0.3, 0.4) is 0 Å². The quantitative estimate of drug-likeness (QED) is 0.551. The van der Waals surface area contributed by atoms with Crippen molar-refractivity contribution in [1.29, 1.82) is 0 Å². The van der Waals surface area contributed by atoms with Crippen molar-refractivity contribution >= 4 is 37.4 Å². The molecule has 0 saturated carbocycles. The summed E-state index contributed by atoms with van der Waals surface area (Å²) < 4.78 is 30.9. The van der Waals surface area contributed by atoms with E-state index in [0.717, 1.165) is 21.3 Å². The predicted octanol–water partition coefficient (Wildman–Crippen LogP) is 3.99. The molecule has 1 heterocycles. The van der Waals surface area contributed by atoms with Gasteiger partial charge in [-0.25, -0.2) is 8.42 Å². The van der Waals surface area contributed by atoms with Crippen LogP contribution < -0.4 is 5.32 Å². The van der Waals surface area contributed by atoms with E-state index in [1.54, 1.807) is 24.3 Å². The number of nitrogens with one attached hydrogen (secondary N) is 1. The van der Waals surface area contributed by atoms with Gasteiger partial charge in [-0.05, 0) is 49.7 Å². The molecule has 1 N–H and O–H groups in total. The van der Waals surface area contributed by atoms with Gasteiger partial charge in [0.05, 0.1) is 4.90 Å². The molecule has 3 aromatic rings. The van der Waals surface area contributed by atoms with Crippen molar-refractivity contribution in [3.05, 3.63) is 69.8 Å². The Hall–Kier alpha value is -2.52. The molecule has 0 spiro atoms. The lowest BCUT2D eigenvalue weighted by atomic mass is 10.2. The number of anilines is 1. The molecule has 0 fully saturated rings. The Morgan fingerprint density at radius 2 is 1.86 bits per heavy atom. The summed E-state index contributed by atoms with van der Waals surface area (Å²) in [7, 11) is -3.57. The van der Waals surface area contributed by atoms with E-state index in [-0.39, 0.29) is 41.1 Å². The lowest BCUT2D eigenvalue weighted by Crippen LogP contribution is -2.13. The van der Waals surface area contributed by atoms with Crippen LogP contribution in [0.15, 0.2) is 56.4 Å². The molecule has 0 saturated heterocycles. The van der Waals surface area contributed by atoms with Gasteiger partial charge in [0.2, 0.25) is 11.8 Å². The molecule has 1 aromatic heterocycles. The predicted molar refractivity (Wildman–Crippen MR) is 112 cm³/mol. The van der Waals surface area contributed by atoms with Crippen LogP contribution in [0.5, 0.6) is 0 Å². The normalized spacial score (nSPS) is 11.4. The maximum atomic E-state index is 12.5. The van der Waals surface area contributed by atoms with Crippen LogP contribution in [0.1, 0.15) is 29.3 Å². The maximum absolute atomic E-state index is 12.5. The number of carbonyl (C=O) groups excluding carboxylic acids is 1. The number of carbonyl (C=O) groups is 1. The topological polar surface area (TPSA) is 102 Å². The van der Waals surface area contributed by atoms with Crippen molar-refractivity contribution < 1.29 is 17.7 Å². The van der Waals surface area contributed by atoms with Crippen LogP contribution in [-0.2, 0) is 26.8 Å². The molecular weight excluding hydrogens is 458 g/mol. The van der Waals surface area contributed by atoms with Gasteiger partial charge in [-0.2, -0.15) is 4.98 Å². The second-order valence-corrected chi connectivity index (χ2v) is 9.59. The van der Waals surface area contributed by atoms with Crippen molar-refractivity contribution in [1.82, 2.24) is 10.1 Å². The summed E-state index contributed by atoms with van der Waals surface area (Å²) in [6.45, 7) is 3.79. The van der Waals surface area contributed by atoms with E-state index in [0.29, 0.717) is 0 Å². The molecule has 152 valence electrons. The fourth-order valence-corrected chi connectivity index (χ4v) is 4.30. The average molecular weight is 478 g/mol. The minimum Gasteiger partial charge on any atom is -0.339 e. The second kappa shape index (κ2) is 8.87. The van der Waals surface area contributed by atoms with Gasteiger partial charge in [0.1, 0.15) is 5.75 Å². The highest BCUT2D eigenvalue weighted by Crippen LogP contribution is 2.20. The third kappa shape index (κ3) is 5.74. The minimum absolute atomic E-state index is 0.0738. The third-order valence-electron chi connectivity index (χ3n) is 4.24. The van der Waals surface area contributed by atoms with Gasteiger partial charge in [0.15, 0.2) is 15.7 Å². The molecule has 0 atom stereocenters. The Labute approximate surface area is 177 Å². The molecule has 3 rings (SSSR count). The standard InChI is InChI=1S/C20H20BrN3O4S/c1-13-3-6-16(7-4-13)29(26,27)12-18-23-20(28-24-18)10-9-19(25)22-17-8-5-15(21)11-14(17)2/h3-8,11H,9-10,12H2,1-2H3,(H,22,25). The Morgan fingerprint density at radius 1 is 1.14 bits per heavy atom. The van der Waals surface area contributed by atoms with E-state index < -0.39 is 9.84 Å². The fraction of sp³-hybridized carbons (Fsp3) is 0.250. The molecule has 29 heavy (non-hydrogen) atoms. The molecule has 0 radical (unpaired) electrons. The molecule has 0 unspecified atom stereocenters. The van der Waals surface area contributed by atoms with Crippen molar-refractivity contribution in [3.63, 3.8) is 0 Å². The number of aryl methyl sites for hydroxylation is 3. The van der Waals surface area contributed by atoms with Gasteiger partial charge in [-0.15, -0.1) is 0 Å². The smallest absolute Gasteiger partial charge is 0.227 e. The van der Waals surface area contributed by atoms with E-state index in [9.17, 15) is 13.2 Å². The van der Waals surface area contributed by atoms with Gasteiger partial charge in [-0.3, -0.25) is 4.79 Å².